The molecule has 1 amide bonds. The normalized spacial score (nSPS) is 22.3. The van der Waals surface area contributed by atoms with Crippen LogP contribution in [0.25, 0.3) is 10.4 Å². The maximum absolute atomic E-state index is 13.2. The molecule has 3 N–H and O–H groups in total. The monoisotopic (exact) mass is 491 g/mol. The summed E-state index contributed by atoms with van der Waals surface area (Å²) in [7, 11) is 0.0905. The molecule has 9 heteroatoms. The maximum atomic E-state index is 13.2. The highest BCUT2D eigenvalue weighted by molar-refractivity contribution is 7.83. The molecular formula is C24H33N3O4S2. The SMILES string of the molecule is COc1ccc(-c2sc(NC(=O)CC3CCCC3)nc2C)cc1S(=O)NC1CCCC(O)C1. The Morgan fingerprint density at radius 3 is 2.76 bits per heavy atom. The standard InChI is InChI=1S/C24H33N3O4S2/c1-15-23(32-24(25-15)26-22(29)12-16-6-3-4-7-16)17-10-11-20(31-2)21(13-17)33(30)27-18-8-5-9-19(28)14-18/h10-11,13,16,18-19,27-28H,3-9,12,14H2,1-2H3,(H,25,26,29). The number of nitrogens with one attached hydrogen (secondary N) is 2. The van der Waals surface area contributed by atoms with E-state index in [1.165, 1.54) is 24.2 Å². The lowest BCUT2D eigenvalue weighted by Crippen LogP contribution is -2.37. The Morgan fingerprint density at radius 1 is 1.24 bits per heavy atom. The first kappa shape index (κ1) is 24.3. The van der Waals surface area contributed by atoms with Gasteiger partial charge in [0.25, 0.3) is 0 Å². The van der Waals surface area contributed by atoms with E-state index in [9.17, 15) is 14.1 Å². The molecule has 7 nitrogen and oxygen atoms in total. The molecule has 1 heterocycles. The van der Waals surface area contributed by atoms with E-state index in [-0.39, 0.29) is 18.1 Å². The van der Waals surface area contributed by atoms with Gasteiger partial charge in [-0.25, -0.2) is 13.9 Å². The lowest BCUT2D eigenvalue weighted by Gasteiger charge is -2.26. The summed E-state index contributed by atoms with van der Waals surface area (Å²) in [5, 5.41) is 13.5. The molecule has 2 aromatic rings. The number of thiazole rings is 1. The zero-order valence-electron chi connectivity index (χ0n) is 19.3. The van der Waals surface area contributed by atoms with Gasteiger partial charge in [-0.05, 0) is 75.1 Å². The third-order valence-corrected chi connectivity index (χ3v) is 8.93. The molecule has 3 unspecified atom stereocenters. The van der Waals surface area contributed by atoms with E-state index in [1.807, 2.05) is 25.1 Å². The zero-order chi connectivity index (χ0) is 23.4. The minimum atomic E-state index is -1.48. The minimum Gasteiger partial charge on any atom is -0.495 e. The van der Waals surface area contributed by atoms with Gasteiger partial charge in [0.2, 0.25) is 5.91 Å². The van der Waals surface area contributed by atoms with E-state index in [1.54, 1.807) is 7.11 Å². The van der Waals surface area contributed by atoms with Crippen molar-refractivity contribution in [2.45, 2.75) is 81.8 Å². The van der Waals surface area contributed by atoms with Crippen LogP contribution in [-0.4, -0.2) is 39.5 Å². The summed E-state index contributed by atoms with van der Waals surface area (Å²) in [5.74, 6) is 1.06. The van der Waals surface area contributed by atoms with Gasteiger partial charge in [-0.3, -0.25) is 4.79 Å². The molecule has 3 atom stereocenters. The number of nitrogens with zero attached hydrogens (tertiary/aromatic N) is 1. The maximum Gasteiger partial charge on any atom is 0.226 e. The van der Waals surface area contributed by atoms with E-state index in [0.29, 0.717) is 34.5 Å². The van der Waals surface area contributed by atoms with E-state index in [2.05, 4.69) is 15.0 Å². The van der Waals surface area contributed by atoms with Crippen LogP contribution in [0.1, 0.15) is 63.5 Å². The number of methoxy groups -OCH3 is 1. The van der Waals surface area contributed by atoms with Crippen LogP contribution in [0.15, 0.2) is 23.1 Å². The number of amides is 1. The van der Waals surface area contributed by atoms with Gasteiger partial charge < -0.3 is 15.2 Å². The van der Waals surface area contributed by atoms with E-state index in [0.717, 1.165) is 48.2 Å². The van der Waals surface area contributed by atoms with Crippen molar-refractivity contribution in [2.24, 2.45) is 5.92 Å². The number of carbonyl (C=O) groups excluding carboxylic acids is 1. The largest absolute Gasteiger partial charge is 0.495 e. The van der Waals surface area contributed by atoms with Crippen molar-refractivity contribution >= 4 is 33.4 Å². The number of ether oxygens (including phenoxy) is 1. The second-order valence-electron chi connectivity index (χ2n) is 9.11. The molecule has 2 fully saturated rings. The fourth-order valence-corrected chi connectivity index (χ4v) is 7.00. The molecule has 0 radical (unpaired) electrons. The van der Waals surface area contributed by atoms with Gasteiger partial charge in [0.05, 0.1) is 28.7 Å². The summed E-state index contributed by atoms with van der Waals surface area (Å²) >= 11 is 1.43. The molecule has 0 saturated heterocycles. The Labute approximate surface area is 201 Å². The molecule has 0 aliphatic heterocycles. The number of hydrogen-bond donors (Lipinski definition) is 3. The Bertz CT molecular complexity index is 1000. The first-order chi connectivity index (χ1) is 15.9. The second-order valence-corrected chi connectivity index (χ2v) is 11.3. The summed E-state index contributed by atoms with van der Waals surface area (Å²) in [4.78, 5) is 18.5. The van der Waals surface area contributed by atoms with Crippen LogP contribution in [0.3, 0.4) is 0 Å². The molecule has 0 bridgehead atoms. The quantitative estimate of drug-likeness (QED) is 0.503. The van der Waals surface area contributed by atoms with Crippen LogP contribution >= 0.6 is 11.3 Å². The molecule has 1 aromatic heterocycles. The summed E-state index contributed by atoms with van der Waals surface area (Å²) in [6.07, 6.45) is 8.13. The molecule has 0 spiro atoms. The molecule has 2 aliphatic rings. The average Bonchev–Trinajstić information content (AvgIpc) is 3.42. The van der Waals surface area contributed by atoms with Crippen molar-refractivity contribution in [1.82, 2.24) is 9.71 Å². The second kappa shape index (κ2) is 11.1. The predicted molar refractivity (Wildman–Crippen MR) is 132 cm³/mol. The fraction of sp³-hybridized carbons (Fsp3) is 0.583. The van der Waals surface area contributed by atoms with Gasteiger partial charge in [0.15, 0.2) is 5.13 Å². The smallest absolute Gasteiger partial charge is 0.226 e. The molecule has 2 saturated carbocycles. The Kier molecular flexibility index (Phi) is 8.16. The molecule has 33 heavy (non-hydrogen) atoms. The van der Waals surface area contributed by atoms with Crippen LogP contribution in [0.5, 0.6) is 5.75 Å². The number of hydrogen-bond acceptors (Lipinski definition) is 6. The minimum absolute atomic E-state index is 0.00905. The van der Waals surface area contributed by atoms with Crippen LogP contribution in [0.4, 0.5) is 5.13 Å². The van der Waals surface area contributed by atoms with Crippen LogP contribution in [-0.2, 0) is 15.8 Å². The number of aromatic nitrogens is 1. The first-order valence-corrected chi connectivity index (χ1v) is 13.7. The summed E-state index contributed by atoms with van der Waals surface area (Å²) < 4.78 is 21.8. The van der Waals surface area contributed by atoms with Crippen molar-refractivity contribution in [3.8, 4) is 16.2 Å². The Hall–Kier alpha value is -1.81. The topological polar surface area (TPSA) is 101 Å². The fourth-order valence-electron chi connectivity index (χ4n) is 4.81. The summed E-state index contributed by atoms with van der Waals surface area (Å²) in [6.45, 7) is 1.92. The lowest BCUT2D eigenvalue weighted by molar-refractivity contribution is -0.117. The predicted octanol–water partition coefficient (Wildman–Crippen LogP) is 4.56. The van der Waals surface area contributed by atoms with Crippen molar-refractivity contribution < 1.29 is 18.8 Å². The third kappa shape index (κ3) is 6.20. The first-order valence-electron chi connectivity index (χ1n) is 11.7. The summed E-state index contributed by atoms with van der Waals surface area (Å²) in [5.41, 5.74) is 1.71. The number of rotatable bonds is 8. The number of anilines is 1. The van der Waals surface area contributed by atoms with Crippen molar-refractivity contribution in [3.05, 3.63) is 23.9 Å². The average molecular weight is 492 g/mol. The molecule has 180 valence electrons. The lowest BCUT2D eigenvalue weighted by atomic mass is 9.94. The van der Waals surface area contributed by atoms with Gasteiger partial charge >= 0.3 is 0 Å². The van der Waals surface area contributed by atoms with E-state index < -0.39 is 11.0 Å². The molecule has 1 aromatic carbocycles. The summed E-state index contributed by atoms with van der Waals surface area (Å²) in [6, 6.07) is 5.62. The van der Waals surface area contributed by atoms with Crippen LogP contribution in [0, 0.1) is 12.8 Å². The van der Waals surface area contributed by atoms with Crippen molar-refractivity contribution in [1.29, 1.82) is 0 Å². The number of aliphatic hydroxyl groups is 1. The Morgan fingerprint density at radius 2 is 2.03 bits per heavy atom. The molecule has 2 aliphatic carbocycles. The van der Waals surface area contributed by atoms with Crippen LogP contribution in [0.2, 0.25) is 0 Å². The van der Waals surface area contributed by atoms with Crippen LogP contribution < -0.4 is 14.8 Å². The Balaban J connectivity index is 1.49. The number of aliphatic hydroxyl groups excluding tert-OH is 1. The highest BCUT2D eigenvalue weighted by Gasteiger charge is 2.24. The zero-order valence-corrected chi connectivity index (χ0v) is 20.9. The van der Waals surface area contributed by atoms with E-state index in [4.69, 9.17) is 4.74 Å². The van der Waals surface area contributed by atoms with Gasteiger partial charge in [0.1, 0.15) is 16.7 Å². The number of aryl methyl sites for hydroxylation is 1. The highest BCUT2D eigenvalue weighted by atomic mass is 32.2. The number of benzene rings is 1. The van der Waals surface area contributed by atoms with Gasteiger partial charge in [0, 0.05) is 12.5 Å². The van der Waals surface area contributed by atoms with E-state index >= 15 is 0 Å². The van der Waals surface area contributed by atoms with Crippen molar-refractivity contribution in [3.63, 3.8) is 0 Å². The number of carbonyl (C=O) groups is 1. The molecule has 4 rings (SSSR count). The highest BCUT2D eigenvalue weighted by Crippen LogP contribution is 2.36. The third-order valence-electron chi connectivity index (χ3n) is 6.54. The van der Waals surface area contributed by atoms with Gasteiger partial charge in [-0.2, -0.15) is 0 Å². The van der Waals surface area contributed by atoms with Crippen molar-refractivity contribution in [2.75, 3.05) is 12.4 Å². The van der Waals surface area contributed by atoms with Gasteiger partial charge in [-0.1, -0.05) is 24.2 Å². The molecular weight excluding hydrogens is 458 g/mol. The van der Waals surface area contributed by atoms with Gasteiger partial charge in [-0.15, -0.1) is 0 Å².